The van der Waals surface area contributed by atoms with E-state index in [1.54, 1.807) is 67.8 Å². The summed E-state index contributed by atoms with van der Waals surface area (Å²) in [5.74, 6) is 0.473. The molecule has 0 aliphatic rings. The van der Waals surface area contributed by atoms with E-state index in [0.29, 0.717) is 28.1 Å². The second-order valence-electron chi connectivity index (χ2n) is 6.09. The van der Waals surface area contributed by atoms with Gasteiger partial charge in [-0.1, -0.05) is 24.3 Å². The number of amides is 1. The highest BCUT2D eigenvalue weighted by Crippen LogP contribution is 2.21. The minimum atomic E-state index is -0.679. The number of rotatable bonds is 5. The maximum atomic E-state index is 12.7. The third kappa shape index (κ3) is 4.08. The minimum Gasteiger partial charge on any atom is -0.497 e. The van der Waals surface area contributed by atoms with E-state index in [2.05, 4.69) is 10.3 Å². The monoisotopic (exact) mass is 388 g/mol. The van der Waals surface area contributed by atoms with Crippen LogP contribution in [0.5, 0.6) is 11.5 Å². The van der Waals surface area contributed by atoms with Crippen molar-refractivity contribution in [1.29, 1.82) is 0 Å². The van der Waals surface area contributed by atoms with Crippen molar-refractivity contribution in [2.75, 3.05) is 12.4 Å². The lowest BCUT2D eigenvalue weighted by Gasteiger charge is -2.08. The predicted molar refractivity (Wildman–Crippen MR) is 107 cm³/mol. The molecule has 7 heteroatoms. The summed E-state index contributed by atoms with van der Waals surface area (Å²) in [4.78, 5) is 29.0. The molecule has 0 fully saturated rings. The Bertz CT molecular complexity index is 1150. The fourth-order valence-corrected chi connectivity index (χ4v) is 2.72. The van der Waals surface area contributed by atoms with Crippen LogP contribution in [0.2, 0.25) is 0 Å². The van der Waals surface area contributed by atoms with Crippen LogP contribution in [-0.4, -0.2) is 24.0 Å². The number of methoxy groups -OCH3 is 1. The SMILES string of the molecule is COc1ccc(NC(=O)Oc2cccc(C(=O)c3nc4ccccc4o3)c2)cc1. The number of ether oxygens (including phenoxy) is 2. The summed E-state index contributed by atoms with van der Waals surface area (Å²) in [5.41, 5.74) is 1.98. The van der Waals surface area contributed by atoms with Gasteiger partial charge in [0.25, 0.3) is 5.89 Å². The Morgan fingerprint density at radius 3 is 2.48 bits per heavy atom. The summed E-state index contributed by atoms with van der Waals surface area (Å²) in [6, 6.07) is 20.2. The number of ketones is 1. The first-order valence-corrected chi connectivity index (χ1v) is 8.75. The number of carbonyl (C=O) groups is 2. The zero-order chi connectivity index (χ0) is 20.2. The maximum absolute atomic E-state index is 12.7. The predicted octanol–water partition coefficient (Wildman–Crippen LogP) is 4.68. The molecule has 1 heterocycles. The van der Waals surface area contributed by atoms with Crippen LogP contribution < -0.4 is 14.8 Å². The van der Waals surface area contributed by atoms with Crippen molar-refractivity contribution >= 4 is 28.7 Å². The molecule has 0 radical (unpaired) electrons. The van der Waals surface area contributed by atoms with Crippen molar-refractivity contribution in [3.8, 4) is 11.5 Å². The fraction of sp³-hybridized carbons (Fsp3) is 0.0455. The van der Waals surface area contributed by atoms with Crippen LogP contribution >= 0.6 is 0 Å². The summed E-state index contributed by atoms with van der Waals surface area (Å²) < 4.78 is 15.9. The van der Waals surface area contributed by atoms with E-state index in [4.69, 9.17) is 13.9 Å². The molecule has 1 amide bonds. The second-order valence-corrected chi connectivity index (χ2v) is 6.09. The Balaban J connectivity index is 1.47. The molecule has 0 unspecified atom stereocenters. The highest BCUT2D eigenvalue weighted by atomic mass is 16.6. The lowest BCUT2D eigenvalue weighted by molar-refractivity contribution is 0.100. The average molecular weight is 388 g/mol. The number of fused-ring (bicyclic) bond motifs is 1. The lowest BCUT2D eigenvalue weighted by atomic mass is 10.1. The number of nitrogens with one attached hydrogen (secondary N) is 1. The van der Waals surface area contributed by atoms with Crippen molar-refractivity contribution in [2.45, 2.75) is 0 Å². The molecule has 0 aliphatic carbocycles. The van der Waals surface area contributed by atoms with Crippen LogP contribution in [0, 0.1) is 0 Å². The van der Waals surface area contributed by atoms with Crippen molar-refractivity contribution in [3.63, 3.8) is 0 Å². The Hall–Kier alpha value is -4.13. The van der Waals surface area contributed by atoms with Gasteiger partial charge >= 0.3 is 6.09 Å². The first kappa shape index (κ1) is 18.2. The number of para-hydroxylation sites is 2. The Morgan fingerprint density at radius 2 is 1.72 bits per heavy atom. The van der Waals surface area contributed by atoms with Crippen LogP contribution in [0.15, 0.2) is 77.2 Å². The van der Waals surface area contributed by atoms with E-state index in [9.17, 15) is 9.59 Å². The third-order valence-electron chi connectivity index (χ3n) is 4.13. The fourth-order valence-electron chi connectivity index (χ4n) is 2.72. The molecule has 1 aromatic heterocycles. The molecule has 4 rings (SSSR count). The molecule has 0 bridgehead atoms. The van der Waals surface area contributed by atoms with Gasteiger partial charge in [0.2, 0.25) is 5.78 Å². The molecule has 0 atom stereocenters. The first-order chi connectivity index (χ1) is 14.1. The van der Waals surface area contributed by atoms with Gasteiger partial charge in [-0.2, -0.15) is 0 Å². The van der Waals surface area contributed by atoms with E-state index >= 15 is 0 Å². The normalized spacial score (nSPS) is 10.5. The van der Waals surface area contributed by atoms with Gasteiger partial charge in [0.15, 0.2) is 5.58 Å². The third-order valence-corrected chi connectivity index (χ3v) is 4.13. The largest absolute Gasteiger partial charge is 0.497 e. The number of carbonyl (C=O) groups excluding carboxylic acids is 2. The Labute approximate surface area is 165 Å². The zero-order valence-electron chi connectivity index (χ0n) is 15.4. The minimum absolute atomic E-state index is 0.0222. The van der Waals surface area contributed by atoms with Gasteiger partial charge in [-0.05, 0) is 48.5 Å². The summed E-state index contributed by atoms with van der Waals surface area (Å²) in [6.07, 6.45) is -0.679. The van der Waals surface area contributed by atoms with Crippen molar-refractivity contribution < 1.29 is 23.5 Å². The molecule has 1 N–H and O–H groups in total. The summed E-state index contributed by atoms with van der Waals surface area (Å²) >= 11 is 0. The molecule has 7 nitrogen and oxygen atoms in total. The Kier molecular flexibility index (Phi) is 4.94. The standard InChI is InChI=1S/C22H16N2O5/c1-27-16-11-9-15(10-12-16)23-22(26)28-17-6-4-5-14(13-17)20(25)21-24-18-7-2-3-8-19(18)29-21/h2-13H,1H3,(H,23,26). The molecular formula is C22H16N2O5. The smallest absolute Gasteiger partial charge is 0.417 e. The highest BCUT2D eigenvalue weighted by molar-refractivity contribution is 6.07. The van der Waals surface area contributed by atoms with E-state index in [-0.39, 0.29) is 11.6 Å². The molecule has 4 aromatic rings. The first-order valence-electron chi connectivity index (χ1n) is 8.75. The number of oxazole rings is 1. The summed E-state index contributed by atoms with van der Waals surface area (Å²) in [7, 11) is 1.56. The molecule has 29 heavy (non-hydrogen) atoms. The zero-order valence-corrected chi connectivity index (χ0v) is 15.4. The van der Waals surface area contributed by atoms with E-state index in [1.165, 1.54) is 6.07 Å². The summed E-state index contributed by atoms with van der Waals surface area (Å²) in [5, 5.41) is 2.61. The number of hydrogen-bond acceptors (Lipinski definition) is 6. The molecule has 0 aliphatic heterocycles. The van der Waals surface area contributed by atoms with Gasteiger partial charge in [0, 0.05) is 11.3 Å². The Morgan fingerprint density at radius 1 is 0.931 bits per heavy atom. The quantitative estimate of drug-likeness (QED) is 0.499. The number of anilines is 1. The molecule has 0 saturated heterocycles. The topological polar surface area (TPSA) is 90.7 Å². The van der Waals surface area contributed by atoms with E-state index in [0.717, 1.165) is 0 Å². The second kappa shape index (κ2) is 7.85. The summed E-state index contributed by atoms with van der Waals surface area (Å²) in [6.45, 7) is 0. The van der Waals surface area contributed by atoms with Gasteiger partial charge in [-0.25, -0.2) is 9.78 Å². The van der Waals surface area contributed by atoms with Crippen molar-refractivity contribution in [3.05, 3.63) is 84.3 Å². The molecule has 3 aromatic carbocycles. The van der Waals surface area contributed by atoms with Crippen LogP contribution in [0.4, 0.5) is 10.5 Å². The maximum Gasteiger partial charge on any atom is 0.417 e. The van der Waals surface area contributed by atoms with E-state index < -0.39 is 11.9 Å². The van der Waals surface area contributed by atoms with Gasteiger partial charge < -0.3 is 13.9 Å². The average Bonchev–Trinajstić information content (AvgIpc) is 3.18. The molecular weight excluding hydrogens is 372 g/mol. The lowest BCUT2D eigenvalue weighted by Crippen LogP contribution is -2.16. The van der Waals surface area contributed by atoms with Crippen LogP contribution in [0.1, 0.15) is 16.2 Å². The number of benzene rings is 3. The molecule has 0 saturated carbocycles. The number of hydrogen-bond donors (Lipinski definition) is 1. The highest BCUT2D eigenvalue weighted by Gasteiger charge is 2.17. The number of nitrogens with zero attached hydrogens (tertiary/aromatic N) is 1. The van der Waals surface area contributed by atoms with Crippen LogP contribution in [0.3, 0.4) is 0 Å². The number of aromatic nitrogens is 1. The van der Waals surface area contributed by atoms with Gasteiger partial charge in [-0.15, -0.1) is 0 Å². The van der Waals surface area contributed by atoms with Gasteiger partial charge in [0.1, 0.15) is 17.0 Å². The molecule has 0 spiro atoms. The van der Waals surface area contributed by atoms with Gasteiger partial charge in [0.05, 0.1) is 7.11 Å². The van der Waals surface area contributed by atoms with Crippen molar-refractivity contribution in [2.24, 2.45) is 0 Å². The van der Waals surface area contributed by atoms with Crippen LogP contribution in [-0.2, 0) is 0 Å². The van der Waals surface area contributed by atoms with Crippen molar-refractivity contribution in [1.82, 2.24) is 4.98 Å². The van der Waals surface area contributed by atoms with E-state index in [1.807, 2.05) is 6.07 Å². The van der Waals surface area contributed by atoms with Crippen LogP contribution in [0.25, 0.3) is 11.1 Å². The molecule has 144 valence electrons. The van der Waals surface area contributed by atoms with Gasteiger partial charge in [-0.3, -0.25) is 10.1 Å².